The molecule has 1 nitrogen and oxygen atoms in total. The first-order valence-electron chi connectivity index (χ1n) is 21.9. The van der Waals surface area contributed by atoms with Gasteiger partial charge in [-0.15, -0.1) is 0 Å². The average Bonchev–Trinajstić information content (AvgIpc) is 3.76. The number of fused-ring (bicyclic) bond motifs is 11. The van der Waals surface area contributed by atoms with Crippen molar-refractivity contribution in [2.24, 2.45) is 0 Å². The first-order chi connectivity index (χ1) is 30.4. The summed E-state index contributed by atoms with van der Waals surface area (Å²) in [4.78, 5) is 14.3. The van der Waals surface area contributed by atoms with E-state index in [4.69, 9.17) is 0 Å². The van der Waals surface area contributed by atoms with Gasteiger partial charge in [-0.2, -0.15) is 0 Å². The minimum atomic E-state index is -0.684. The zero-order valence-electron chi connectivity index (χ0n) is 35.0. The highest BCUT2D eigenvalue weighted by molar-refractivity contribution is 6.20. The molecule has 0 saturated carbocycles. The molecule has 3 aliphatic carbocycles. The fourth-order valence-electron chi connectivity index (χ4n) is 11.3. The van der Waals surface area contributed by atoms with E-state index in [9.17, 15) is 4.79 Å². The predicted octanol–water partition coefficient (Wildman–Crippen LogP) is 15.3. The van der Waals surface area contributed by atoms with Gasteiger partial charge in [0, 0.05) is 16.5 Å². The summed E-state index contributed by atoms with van der Waals surface area (Å²) in [6, 6.07) is 68.2. The Labute approximate surface area is 363 Å². The van der Waals surface area contributed by atoms with Crippen LogP contribution >= 0.6 is 0 Å². The number of allylic oxidation sites excluding steroid dienone is 4. The molecule has 0 fully saturated rings. The van der Waals surface area contributed by atoms with Crippen LogP contribution in [0.15, 0.2) is 206 Å². The number of carbonyl (C=O) groups is 1. The van der Waals surface area contributed by atoms with Crippen LogP contribution in [0.3, 0.4) is 0 Å². The summed E-state index contributed by atoms with van der Waals surface area (Å²) in [5, 5.41) is 5.16. The third-order valence-electron chi connectivity index (χ3n) is 14.1. The molecule has 0 amide bonds. The maximum atomic E-state index is 14.3. The van der Waals surface area contributed by atoms with Gasteiger partial charge in [0.05, 0.1) is 5.41 Å². The molecular weight excluding hydrogens is 749 g/mol. The molecule has 0 atom stereocenters. The second kappa shape index (κ2) is 13.8. The van der Waals surface area contributed by atoms with Gasteiger partial charge in [0.1, 0.15) is 0 Å². The highest BCUT2D eigenvalue weighted by atomic mass is 16.1. The van der Waals surface area contributed by atoms with Gasteiger partial charge < -0.3 is 0 Å². The summed E-state index contributed by atoms with van der Waals surface area (Å²) in [6.07, 6.45) is 9.15. The van der Waals surface area contributed by atoms with Crippen LogP contribution in [0.4, 0.5) is 0 Å². The molecule has 0 unspecified atom stereocenters. The van der Waals surface area contributed by atoms with Crippen molar-refractivity contribution in [3.05, 3.63) is 256 Å². The van der Waals surface area contributed by atoms with Crippen molar-refractivity contribution in [1.82, 2.24) is 0 Å². The van der Waals surface area contributed by atoms with Gasteiger partial charge in [0.15, 0.2) is 5.78 Å². The third kappa shape index (κ3) is 5.24. The van der Waals surface area contributed by atoms with E-state index in [1.54, 1.807) is 0 Å². The lowest BCUT2D eigenvalue weighted by Gasteiger charge is -2.34. The third-order valence-corrected chi connectivity index (χ3v) is 14.1. The fourth-order valence-corrected chi connectivity index (χ4v) is 11.3. The Hall–Kier alpha value is -7.35. The fraction of sp³-hybridized carbons (Fsp3) is 0.0984. The second-order valence-electron chi connectivity index (χ2n) is 17.8. The molecule has 294 valence electrons. The summed E-state index contributed by atoms with van der Waals surface area (Å²) in [5.74, 6) is 0.0309. The maximum Gasteiger partial charge on any atom is 0.193 e. The van der Waals surface area contributed by atoms with Crippen LogP contribution in [-0.4, -0.2) is 5.78 Å². The molecule has 9 aromatic rings. The molecule has 0 bridgehead atoms. The van der Waals surface area contributed by atoms with Gasteiger partial charge in [0.2, 0.25) is 0 Å². The van der Waals surface area contributed by atoms with Crippen LogP contribution in [0.1, 0.15) is 81.6 Å². The molecule has 0 heterocycles. The van der Waals surface area contributed by atoms with E-state index in [0.717, 1.165) is 18.4 Å². The standard InChI is InChI=1S/C61H44O/c1-60(2)54-37-50-49-33-30-44(59(62)41-22-12-5-13-23-41)36-55(49)61(45-24-14-6-15-25-45,46-26-16-7-17-27-46)56(50)38-53(54)57-51-34-42(39-18-8-3-9-19-39)28-31-47(51)48-32-29-43(35-52(48)58(57)60)40-20-10-4-11-21-40/h3,5-10,12-38H,4,11H2,1-2H3. The number of benzene rings is 9. The first-order valence-corrected chi connectivity index (χ1v) is 21.9. The summed E-state index contributed by atoms with van der Waals surface area (Å²) in [5.41, 5.74) is 17.9. The van der Waals surface area contributed by atoms with Gasteiger partial charge in [0.25, 0.3) is 0 Å². The molecule has 0 aromatic heterocycles. The summed E-state index contributed by atoms with van der Waals surface area (Å²) < 4.78 is 0. The van der Waals surface area contributed by atoms with Gasteiger partial charge in [-0.1, -0.05) is 190 Å². The summed E-state index contributed by atoms with van der Waals surface area (Å²) in [6.45, 7) is 4.87. The number of hydrogen-bond donors (Lipinski definition) is 0. The Morgan fingerprint density at radius 1 is 0.452 bits per heavy atom. The lowest BCUT2D eigenvalue weighted by Crippen LogP contribution is -2.29. The molecular formula is C61H44O. The highest BCUT2D eigenvalue weighted by Crippen LogP contribution is 2.62. The molecule has 3 aliphatic rings. The van der Waals surface area contributed by atoms with E-state index in [1.807, 2.05) is 36.4 Å². The number of carbonyl (C=O) groups excluding carboxylic acids is 1. The summed E-state index contributed by atoms with van der Waals surface area (Å²) in [7, 11) is 0. The highest BCUT2D eigenvalue weighted by Gasteiger charge is 2.49. The molecule has 1 heteroatoms. The van der Waals surface area contributed by atoms with Crippen LogP contribution in [0.5, 0.6) is 0 Å². The molecule has 0 spiro atoms. The van der Waals surface area contributed by atoms with Gasteiger partial charge >= 0.3 is 0 Å². The zero-order valence-corrected chi connectivity index (χ0v) is 35.0. The lowest BCUT2D eigenvalue weighted by molar-refractivity contribution is 0.103. The Bertz CT molecular complexity index is 3310. The SMILES string of the molecule is CC1(C)c2cc3c(cc2-c2c1c1cc(C4=CCCC=C4)ccc1c1ccc(-c4ccccc4)cc21)C(c1ccccc1)(c1ccccc1)c1cc(C(=O)c2ccccc2)ccc1-3. The second-order valence-corrected chi connectivity index (χ2v) is 17.8. The van der Waals surface area contributed by atoms with Crippen LogP contribution < -0.4 is 0 Å². The van der Waals surface area contributed by atoms with Gasteiger partial charge in [-0.05, 0) is 143 Å². The van der Waals surface area contributed by atoms with Crippen molar-refractivity contribution >= 4 is 32.9 Å². The van der Waals surface area contributed by atoms with Gasteiger partial charge in [-0.25, -0.2) is 0 Å². The van der Waals surface area contributed by atoms with Crippen LogP contribution in [0.2, 0.25) is 0 Å². The van der Waals surface area contributed by atoms with Crippen molar-refractivity contribution in [1.29, 1.82) is 0 Å². The van der Waals surface area contributed by atoms with Gasteiger partial charge in [-0.3, -0.25) is 4.79 Å². The lowest BCUT2D eigenvalue weighted by atomic mass is 9.67. The first kappa shape index (κ1) is 36.5. The minimum Gasteiger partial charge on any atom is -0.289 e. The van der Waals surface area contributed by atoms with E-state index >= 15 is 0 Å². The van der Waals surface area contributed by atoms with Crippen molar-refractivity contribution in [2.75, 3.05) is 0 Å². The van der Waals surface area contributed by atoms with Crippen LogP contribution in [-0.2, 0) is 10.8 Å². The zero-order chi connectivity index (χ0) is 41.6. The minimum absolute atomic E-state index is 0.0309. The predicted molar refractivity (Wildman–Crippen MR) is 258 cm³/mol. The van der Waals surface area contributed by atoms with E-state index < -0.39 is 5.41 Å². The van der Waals surface area contributed by atoms with Crippen molar-refractivity contribution in [2.45, 2.75) is 37.5 Å². The van der Waals surface area contributed by atoms with Crippen molar-refractivity contribution in [3.63, 3.8) is 0 Å². The molecule has 0 radical (unpaired) electrons. The Kier molecular flexibility index (Phi) is 8.15. The van der Waals surface area contributed by atoms with E-state index in [2.05, 4.69) is 184 Å². The molecule has 9 aromatic carbocycles. The molecule has 0 N–H and O–H groups in total. The number of ketones is 1. The molecule has 62 heavy (non-hydrogen) atoms. The van der Waals surface area contributed by atoms with E-state index in [-0.39, 0.29) is 11.2 Å². The van der Waals surface area contributed by atoms with E-state index in [0.29, 0.717) is 11.1 Å². The largest absolute Gasteiger partial charge is 0.289 e. The molecule has 0 aliphatic heterocycles. The molecule has 12 rings (SSSR count). The van der Waals surface area contributed by atoms with Crippen LogP contribution in [0, 0.1) is 0 Å². The Morgan fingerprint density at radius 3 is 1.73 bits per heavy atom. The van der Waals surface area contributed by atoms with Crippen LogP contribution in [0.25, 0.3) is 60.5 Å². The van der Waals surface area contributed by atoms with Crippen molar-refractivity contribution < 1.29 is 4.79 Å². The average molecular weight is 793 g/mol. The maximum absolute atomic E-state index is 14.3. The summed E-state index contributed by atoms with van der Waals surface area (Å²) >= 11 is 0. The quantitative estimate of drug-likeness (QED) is 0.121. The Balaban J connectivity index is 1.19. The normalized spacial score (nSPS) is 15.2. The molecule has 0 saturated heterocycles. The smallest absolute Gasteiger partial charge is 0.193 e. The topological polar surface area (TPSA) is 17.1 Å². The number of rotatable bonds is 6. The Morgan fingerprint density at radius 2 is 1.05 bits per heavy atom. The van der Waals surface area contributed by atoms with E-state index in [1.165, 1.54) is 93.9 Å². The number of hydrogen-bond acceptors (Lipinski definition) is 1. The van der Waals surface area contributed by atoms with Crippen molar-refractivity contribution in [3.8, 4) is 33.4 Å². The monoisotopic (exact) mass is 792 g/mol.